The van der Waals surface area contributed by atoms with E-state index in [0.717, 1.165) is 16.7 Å². The number of amides is 1. The fraction of sp³-hybridized carbons (Fsp3) is 0.143. The molecule has 0 aliphatic carbocycles. The molecule has 0 spiro atoms. The second-order valence-corrected chi connectivity index (χ2v) is 5.03. The summed E-state index contributed by atoms with van der Waals surface area (Å²) < 4.78 is 5.31. The number of nitrogens with one attached hydrogen (secondary N) is 1. The van der Waals surface area contributed by atoms with E-state index in [-0.39, 0.29) is 5.91 Å². The molecule has 0 saturated heterocycles. The van der Waals surface area contributed by atoms with Gasteiger partial charge in [0.05, 0.1) is 12.0 Å². The van der Waals surface area contributed by atoms with Gasteiger partial charge >= 0.3 is 0 Å². The predicted octanol–water partition coefficient (Wildman–Crippen LogP) is 3.19. The first-order valence-electron chi connectivity index (χ1n) is 5.65. The minimum absolute atomic E-state index is 0.129. The molecule has 0 bridgehead atoms. The zero-order valence-electron chi connectivity index (χ0n) is 10.6. The molecule has 1 aromatic carbocycles. The Kier molecular flexibility index (Phi) is 3.97. The molecule has 1 N–H and O–H groups in total. The van der Waals surface area contributed by atoms with E-state index in [1.165, 1.54) is 18.3 Å². The molecular formula is C14H13NO3S. The standard InChI is InChI=1S/C14H13NO3S/c1-9(17)15-10-3-5-13(18-2)12(7-10)14-6-4-11(8-16)19-14/h3-8H,1-2H3,(H,15,17). The third kappa shape index (κ3) is 3.00. The molecule has 2 aromatic rings. The smallest absolute Gasteiger partial charge is 0.221 e. The lowest BCUT2D eigenvalue weighted by molar-refractivity contribution is -0.114. The molecule has 98 valence electrons. The van der Waals surface area contributed by atoms with Crippen LogP contribution in [0, 0.1) is 0 Å². The molecule has 1 aromatic heterocycles. The number of ether oxygens (including phenoxy) is 1. The van der Waals surface area contributed by atoms with E-state index in [9.17, 15) is 9.59 Å². The number of aldehydes is 1. The maximum atomic E-state index is 11.1. The first-order valence-corrected chi connectivity index (χ1v) is 6.46. The molecule has 4 nitrogen and oxygen atoms in total. The quantitative estimate of drug-likeness (QED) is 0.872. The Hall–Kier alpha value is -2.14. The van der Waals surface area contributed by atoms with Crippen LogP contribution in [0.4, 0.5) is 5.69 Å². The van der Waals surface area contributed by atoms with E-state index >= 15 is 0 Å². The van der Waals surface area contributed by atoms with Crippen LogP contribution in [-0.2, 0) is 4.79 Å². The average Bonchev–Trinajstić information content (AvgIpc) is 2.86. The van der Waals surface area contributed by atoms with Gasteiger partial charge in [-0.3, -0.25) is 9.59 Å². The Morgan fingerprint density at radius 3 is 2.68 bits per heavy atom. The highest BCUT2D eigenvalue weighted by molar-refractivity contribution is 7.17. The predicted molar refractivity (Wildman–Crippen MR) is 76.0 cm³/mol. The SMILES string of the molecule is COc1ccc(NC(C)=O)cc1-c1ccc(C=O)s1. The van der Waals surface area contributed by atoms with Crippen LogP contribution in [0.2, 0.25) is 0 Å². The van der Waals surface area contributed by atoms with Crippen LogP contribution in [0.15, 0.2) is 30.3 Å². The molecule has 0 unspecified atom stereocenters. The number of rotatable bonds is 4. The van der Waals surface area contributed by atoms with Gasteiger partial charge in [-0.2, -0.15) is 0 Å². The third-order valence-corrected chi connectivity index (χ3v) is 3.57. The number of carbonyl (C=O) groups excluding carboxylic acids is 2. The summed E-state index contributed by atoms with van der Waals surface area (Å²) in [4.78, 5) is 23.4. The van der Waals surface area contributed by atoms with E-state index in [2.05, 4.69) is 5.32 Å². The average molecular weight is 275 g/mol. The van der Waals surface area contributed by atoms with Gasteiger partial charge in [-0.1, -0.05) is 0 Å². The maximum Gasteiger partial charge on any atom is 0.221 e. The Labute approximate surface area is 115 Å². The van der Waals surface area contributed by atoms with Crippen molar-refractivity contribution in [2.24, 2.45) is 0 Å². The summed E-state index contributed by atoms with van der Waals surface area (Å²) in [5, 5.41) is 2.73. The lowest BCUT2D eigenvalue weighted by Gasteiger charge is -2.09. The molecule has 0 radical (unpaired) electrons. The number of methoxy groups -OCH3 is 1. The van der Waals surface area contributed by atoms with Gasteiger partial charge in [0.15, 0.2) is 6.29 Å². The van der Waals surface area contributed by atoms with Gasteiger partial charge in [0.1, 0.15) is 5.75 Å². The second kappa shape index (κ2) is 5.67. The van der Waals surface area contributed by atoms with Crippen molar-refractivity contribution >= 4 is 29.2 Å². The number of thiophene rings is 1. The Morgan fingerprint density at radius 1 is 1.32 bits per heavy atom. The van der Waals surface area contributed by atoms with E-state index in [1.54, 1.807) is 25.3 Å². The Balaban J connectivity index is 2.46. The minimum atomic E-state index is -0.129. The largest absolute Gasteiger partial charge is 0.496 e. The van der Waals surface area contributed by atoms with Crippen LogP contribution in [0.5, 0.6) is 5.75 Å². The molecule has 1 amide bonds. The van der Waals surface area contributed by atoms with Crippen LogP contribution in [0.1, 0.15) is 16.6 Å². The number of benzene rings is 1. The van der Waals surface area contributed by atoms with Crippen molar-refractivity contribution in [3.8, 4) is 16.2 Å². The molecule has 2 rings (SSSR count). The number of anilines is 1. The minimum Gasteiger partial charge on any atom is -0.496 e. The highest BCUT2D eigenvalue weighted by Crippen LogP contribution is 2.36. The zero-order valence-corrected chi connectivity index (χ0v) is 11.4. The highest BCUT2D eigenvalue weighted by atomic mass is 32.1. The van der Waals surface area contributed by atoms with E-state index in [1.807, 2.05) is 12.1 Å². The van der Waals surface area contributed by atoms with Crippen LogP contribution in [-0.4, -0.2) is 19.3 Å². The van der Waals surface area contributed by atoms with Crippen molar-refractivity contribution in [2.75, 3.05) is 12.4 Å². The molecule has 5 heteroatoms. The first kappa shape index (κ1) is 13.3. The van der Waals surface area contributed by atoms with Crippen LogP contribution in [0.3, 0.4) is 0 Å². The van der Waals surface area contributed by atoms with Gasteiger partial charge in [0, 0.05) is 23.1 Å². The summed E-state index contributed by atoms with van der Waals surface area (Å²) in [6, 6.07) is 9.03. The highest BCUT2D eigenvalue weighted by Gasteiger charge is 2.10. The van der Waals surface area contributed by atoms with Gasteiger partial charge in [0.25, 0.3) is 0 Å². The summed E-state index contributed by atoms with van der Waals surface area (Å²) in [5.74, 6) is 0.573. The normalized spacial score (nSPS) is 10.0. The van der Waals surface area contributed by atoms with Crippen molar-refractivity contribution in [3.05, 3.63) is 35.2 Å². The summed E-state index contributed by atoms with van der Waals surface area (Å²) in [6.07, 6.45) is 0.818. The Morgan fingerprint density at radius 2 is 2.11 bits per heavy atom. The van der Waals surface area contributed by atoms with Crippen LogP contribution in [0.25, 0.3) is 10.4 Å². The number of hydrogen-bond acceptors (Lipinski definition) is 4. The van der Waals surface area contributed by atoms with Crippen molar-refractivity contribution < 1.29 is 14.3 Å². The van der Waals surface area contributed by atoms with E-state index < -0.39 is 0 Å². The maximum absolute atomic E-state index is 11.1. The van der Waals surface area contributed by atoms with Gasteiger partial charge in [-0.15, -0.1) is 11.3 Å². The van der Waals surface area contributed by atoms with Crippen molar-refractivity contribution in [2.45, 2.75) is 6.92 Å². The molecule has 0 saturated carbocycles. The van der Waals surface area contributed by atoms with Gasteiger partial charge in [-0.25, -0.2) is 0 Å². The monoisotopic (exact) mass is 275 g/mol. The molecule has 19 heavy (non-hydrogen) atoms. The summed E-state index contributed by atoms with van der Waals surface area (Å²) in [6.45, 7) is 1.46. The topological polar surface area (TPSA) is 55.4 Å². The molecule has 1 heterocycles. The van der Waals surface area contributed by atoms with Gasteiger partial charge in [-0.05, 0) is 30.3 Å². The van der Waals surface area contributed by atoms with Crippen LogP contribution < -0.4 is 10.1 Å². The molecule has 0 fully saturated rings. The zero-order chi connectivity index (χ0) is 13.8. The summed E-state index contributed by atoms with van der Waals surface area (Å²) in [7, 11) is 1.59. The molecule has 0 aliphatic heterocycles. The second-order valence-electron chi connectivity index (χ2n) is 3.92. The van der Waals surface area contributed by atoms with Gasteiger partial charge < -0.3 is 10.1 Å². The van der Waals surface area contributed by atoms with Crippen LogP contribution >= 0.6 is 11.3 Å². The lowest BCUT2D eigenvalue weighted by Crippen LogP contribution is -2.05. The number of carbonyl (C=O) groups is 2. The first-order chi connectivity index (χ1) is 9.13. The van der Waals surface area contributed by atoms with Crippen molar-refractivity contribution in [1.82, 2.24) is 0 Å². The molecule has 0 aliphatic rings. The van der Waals surface area contributed by atoms with E-state index in [4.69, 9.17) is 4.74 Å². The lowest BCUT2D eigenvalue weighted by atomic mass is 10.1. The summed E-state index contributed by atoms with van der Waals surface area (Å²) in [5.41, 5.74) is 1.55. The number of hydrogen-bond donors (Lipinski definition) is 1. The van der Waals surface area contributed by atoms with Crippen molar-refractivity contribution in [1.29, 1.82) is 0 Å². The molecule has 0 atom stereocenters. The fourth-order valence-corrected chi connectivity index (χ4v) is 2.59. The molecular weight excluding hydrogens is 262 g/mol. The summed E-state index contributed by atoms with van der Waals surface area (Å²) >= 11 is 1.38. The van der Waals surface area contributed by atoms with E-state index in [0.29, 0.717) is 16.3 Å². The Bertz CT molecular complexity index is 619. The van der Waals surface area contributed by atoms with Gasteiger partial charge in [0.2, 0.25) is 5.91 Å². The third-order valence-electron chi connectivity index (χ3n) is 2.53. The fourth-order valence-electron chi connectivity index (χ4n) is 1.74. The van der Waals surface area contributed by atoms with Crippen molar-refractivity contribution in [3.63, 3.8) is 0 Å².